The molecule has 1 aromatic carbocycles. The van der Waals surface area contributed by atoms with E-state index in [1.165, 1.54) is 44.7 Å². The molecule has 0 aromatic heterocycles. The van der Waals surface area contributed by atoms with Crippen LogP contribution in [0.1, 0.15) is 31.2 Å². The third kappa shape index (κ3) is 5.05. The van der Waals surface area contributed by atoms with E-state index in [9.17, 15) is 4.79 Å². The molecule has 3 rings (SSSR count). The van der Waals surface area contributed by atoms with Crippen molar-refractivity contribution in [1.82, 2.24) is 14.7 Å². The fourth-order valence-electron chi connectivity index (χ4n) is 3.59. The number of nitrogens with zero attached hydrogens (tertiary/aromatic N) is 3. The first-order valence-corrected chi connectivity index (χ1v) is 9.08. The molecule has 2 saturated heterocycles. The molecule has 0 unspecified atom stereocenters. The van der Waals surface area contributed by atoms with E-state index in [2.05, 4.69) is 40.1 Å². The largest absolute Gasteiger partial charge is 0.343 e. The van der Waals surface area contributed by atoms with E-state index in [-0.39, 0.29) is 0 Å². The van der Waals surface area contributed by atoms with Crippen LogP contribution in [0.15, 0.2) is 30.3 Å². The quantitative estimate of drug-likeness (QED) is 0.722. The fourth-order valence-corrected chi connectivity index (χ4v) is 3.59. The minimum atomic E-state index is 0.361. The molecule has 4 nitrogen and oxygen atoms in total. The Morgan fingerprint density at radius 2 is 1.52 bits per heavy atom. The summed E-state index contributed by atoms with van der Waals surface area (Å²) in [6.07, 6.45) is 4.18. The van der Waals surface area contributed by atoms with Gasteiger partial charge in [0.2, 0.25) is 5.91 Å². The van der Waals surface area contributed by atoms with Crippen molar-refractivity contribution in [3.05, 3.63) is 35.9 Å². The first kappa shape index (κ1) is 16.5. The molecule has 0 N–H and O–H groups in total. The zero-order valence-electron chi connectivity index (χ0n) is 14.1. The summed E-state index contributed by atoms with van der Waals surface area (Å²) in [6.45, 7) is 8.89. The summed E-state index contributed by atoms with van der Waals surface area (Å²) >= 11 is 0. The summed E-state index contributed by atoms with van der Waals surface area (Å²) < 4.78 is 0. The van der Waals surface area contributed by atoms with Gasteiger partial charge in [-0.3, -0.25) is 9.69 Å². The van der Waals surface area contributed by atoms with E-state index < -0.39 is 0 Å². The Bertz CT molecular complexity index is 483. The van der Waals surface area contributed by atoms with Gasteiger partial charge >= 0.3 is 0 Å². The molecule has 1 amide bonds. The lowest BCUT2D eigenvalue weighted by Crippen LogP contribution is -2.46. The summed E-state index contributed by atoms with van der Waals surface area (Å²) in [6, 6.07) is 10.8. The van der Waals surface area contributed by atoms with Crippen LogP contribution in [-0.4, -0.2) is 66.4 Å². The SMILES string of the molecule is O=C1CCCN1CCCCN1CCN(Cc2ccccc2)CC1. The van der Waals surface area contributed by atoms with Gasteiger partial charge in [0, 0.05) is 52.2 Å². The van der Waals surface area contributed by atoms with Crippen LogP contribution in [0.3, 0.4) is 0 Å². The maximum absolute atomic E-state index is 11.6. The van der Waals surface area contributed by atoms with Crippen LogP contribution in [0.5, 0.6) is 0 Å². The Kier molecular flexibility index (Phi) is 6.06. The van der Waals surface area contributed by atoms with Crippen LogP contribution < -0.4 is 0 Å². The van der Waals surface area contributed by atoms with Gasteiger partial charge in [0.1, 0.15) is 0 Å². The highest BCUT2D eigenvalue weighted by molar-refractivity contribution is 5.77. The van der Waals surface area contributed by atoms with Crippen LogP contribution >= 0.6 is 0 Å². The third-order valence-corrected chi connectivity index (χ3v) is 5.04. The van der Waals surface area contributed by atoms with E-state index in [0.717, 1.165) is 38.9 Å². The van der Waals surface area contributed by atoms with Crippen LogP contribution in [0.25, 0.3) is 0 Å². The van der Waals surface area contributed by atoms with Gasteiger partial charge in [-0.15, -0.1) is 0 Å². The molecule has 0 bridgehead atoms. The molecule has 2 aliphatic rings. The average Bonchev–Trinajstić information content (AvgIpc) is 2.99. The average molecular weight is 315 g/mol. The van der Waals surface area contributed by atoms with Crippen molar-refractivity contribution < 1.29 is 4.79 Å². The lowest BCUT2D eigenvalue weighted by atomic mass is 10.2. The number of unbranched alkanes of at least 4 members (excludes halogenated alkanes) is 1. The van der Waals surface area contributed by atoms with Crippen LogP contribution in [0.4, 0.5) is 0 Å². The molecule has 23 heavy (non-hydrogen) atoms. The molecule has 0 aliphatic carbocycles. The Hall–Kier alpha value is -1.39. The normalized spacial score (nSPS) is 20.3. The fraction of sp³-hybridized carbons (Fsp3) is 0.632. The number of likely N-dealkylation sites (tertiary alicyclic amines) is 1. The second kappa shape index (κ2) is 8.46. The van der Waals surface area contributed by atoms with Crippen molar-refractivity contribution in [2.45, 2.75) is 32.2 Å². The molecule has 0 atom stereocenters. The molecule has 0 radical (unpaired) electrons. The number of benzene rings is 1. The van der Waals surface area contributed by atoms with Crippen molar-refractivity contribution in [2.24, 2.45) is 0 Å². The molecular weight excluding hydrogens is 286 g/mol. The smallest absolute Gasteiger partial charge is 0.222 e. The van der Waals surface area contributed by atoms with E-state index in [0.29, 0.717) is 5.91 Å². The number of carbonyl (C=O) groups is 1. The first-order chi connectivity index (χ1) is 11.3. The van der Waals surface area contributed by atoms with Gasteiger partial charge in [0.25, 0.3) is 0 Å². The summed E-state index contributed by atoms with van der Waals surface area (Å²) in [5.41, 5.74) is 1.41. The highest BCUT2D eigenvalue weighted by Gasteiger charge is 2.20. The van der Waals surface area contributed by atoms with Gasteiger partial charge in [-0.2, -0.15) is 0 Å². The van der Waals surface area contributed by atoms with E-state index in [4.69, 9.17) is 0 Å². The molecule has 2 heterocycles. The van der Waals surface area contributed by atoms with Crippen LogP contribution in [0.2, 0.25) is 0 Å². The number of carbonyl (C=O) groups excluding carboxylic acids is 1. The number of rotatable bonds is 7. The van der Waals surface area contributed by atoms with Crippen molar-refractivity contribution in [3.8, 4) is 0 Å². The summed E-state index contributed by atoms with van der Waals surface area (Å²) in [5, 5.41) is 0. The Morgan fingerprint density at radius 1 is 0.826 bits per heavy atom. The highest BCUT2D eigenvalue weighted by atomic mass is 16.2. The monoisotopic (exact) mass is 315 g/mol. The van der Waals surface area contributed by atoms with Crippen molar-refractivity contribution in [3.63, 3.8) is 0 Å². The standard InChI is InChI=1S/C19H29N3O/c23-19-9-6-12-22(19)11-5-4-10-20-13-15-21(16-14-20)17-18-7-2-1-3-8-18/h1-3,7-8H,4-6,9-17H2. The number of amides is 1. The predicted molar refractivity (Wildman–Crippen MR) is 93.2 cm³/mol. The molecule has 0 spiro atoms. The van der Waals surface area contributed by atoms with Gasteiger partial charge in [0.15, 0.2) is 0 Å². The molecule has 2 fully saturated rings. The predicted octanol–water partition coefficient (Wildman–Crippen LogP) is 2.21. The minimum Gasteiger partial charge on any atom is -0.343 e. The van der Waals surface area contributed by atoms with Gasteiger partial charge in [-0.1, -0.05) is 30.3 Å². The van der Waals surface area contributed by atoms with Gasteiger partial charge in [-0.05, 0) is 31.4 Å². The summed E-state index contributed by atoms with van der Waals surface area (Å²) in [4.78, 5) is 18.7. The zero-order chi connectivity index (χ0) is 15.9. The van der Waals surface area contributed by atoms with Crippen LogP contribution in [0, 0.1) is 0 Å². The molecule has 4 heteroatoms. The zero-order valence-corrected chi connectivity index (χ0v) is 14.1. The molecule has 126 valence electrons. The van der Waals surface area contributed by atoms with E-state index in [1.807, 2.05) is 4.90 Å². The molecule has 0 saturated carbocycles. The summed E-state index contributed by atoms with van der Waals surface area (Å²) in [7, 11) is 0. The first-order valence-electron chi connectivity index (χ1n) is 9.08. The second-order valence-electron chi connectivity index (χ2n) is 6.79. The topological polar surface area (TPSA) is 26.8 Å². The number of hydrogen-bond acceptors (Lipinski definition) is 3. The van der Waals surface area contributed by atoms with Crippen molar-refractivity contribution in [2.75, 3.05) is 45.8 Å². The minimum absolute atomic E-state index is 0.361. The van der Waals surface area contributed by atoms with Gasteiger partial charge < -0.3 is 9.80 Å². The van der Waals surface area contributed by atoms with Crippen LogP contribution in [-0.2, 0) is 11.3 Å². The second-order valence-corrected chi connectivity index (χ2v) is 6.79. The Labute approximate surface area is 140 Å². The third-order valence-electron chi connectivity index (χ3n) is 5.04. The highest BCUT2D eigenvalue weighted by Crippen LogP contribution is 2.12. The molecule has 1 aromatic rings. The lowest BCUT2D eigenvalue weighted by molar-refractivity contribution is -0.127. The Balaban J connectivity index is 1.28. The van der Waals surface area contributed by atoms with Crippen molar-refractivity contribution >= 4 is 5.91 Å². The maximum atomic E-state index is 11.6. The van der Waals surface area contributed by atoms with E-state index in [1.54, 1.807) is 0 Å². The summed E-state index contributed by atoms with van der Waals surface area (Å²) in [5.74, 6) is 0.361. The van der Waals surface area contributed by atoms with Crippen molar-refractivity contribution in [1.29, 1.82) is 0 Å². The number of hydrogen-bond donors (Lipinski definition) is 0. The van der Waals surface area contributed by atoms with Gasteiger partial charge in [-0.25, -0.2) is 0 Å². The maximum Gasteiger partial charge on any atom is 0.222 e. The lowest BCUT2D eigenvalue weighted by Gasteiger charge is -2.34. The number of piperazine rings is 1. The molecule has 2 aliphatic heterocycles. The molecular formula is C19H29N3O. The van der Waals surface area contributed by atoms with E-state index >= 15 is 0 Å². The van der Waals surface area contributed by atoms with Gasteiger partial charge in [0.05, 0.1) is 0 Å². The Morgan fingerprint density at radius 3 is 2.22 bits per heavy atom.